The fraction of sp³-hybridized carbons (Fsp3) is 0.0714. The number of hydrogen-bond acceptors (Lipinski definition) is 3. The topological polar surface area (TPSA) is 63.3 Å². The highest BCUT2D eigenvalue weighted by Gasteiger charge is 2.08. The lowest BCUT2D eigenvalue weighted by Gasteiger charge is -2.07. The number of nitrogen functional groups attached to an aromatic ring is 1. The van der Waals surface area contributed by atoms with E-state index in [1.54, 1.807) is 12.1 Å². The van der Waals surface area contributed by atoms with Crippen molar-refractivity contribution in [2.75, 3.05) is 5.73 Å². The van der Waals surface area contributed by atoms with E-state index < -0.39 is 5.97 Å². The number of benzene rings is 2. The zero-order valence-corrected chi connectivity index (χ0v) is 11.5. The lowest BCUT2D eigenvalue weighted by atomic mass is 10.2. The number of thioether (sulfide) groups is 1. The third kappa shape index (κ3) is 3.43. The minimum Gasteiger partial charge on any atom is -0.478 e. The molecule has 0 aliphatic rings. The van der Waals surface area contributed by atoms with Gasteiger partial charge in [-0.05, 0) is 29.8 Å². The van der Waals surface area contributed by atoms with Crippen molar-refractivity contribution in [3.05, 3.63) is 58.6 Å². The molecule has 0 amide bonds. The van der Waals surface area contributed by atoms with Crippen LogP contribution in [0.1, 0.15) is 15.9 Å². The molecule has 0 saturated carbocycles. The maximum atomic E-state index is 10.9. The summed E-state index contributed by atoms with van der Waals surface area (Å²) in [5.74, 6) is -0.313. The van der Waals surface area contributed by atoms with Crippen molar-refractivity contribution in [2.24, 2.45) is 0 Å². The molecule has 0 atom stereocenters. The highest BCUT2D eigenvalue weighted by atomic mass is 35.5. The molecule has 3 N–H and O–H groups in total. The number of aromatic carboxylic acids is 1. The highest BCUT2D eigenvalue weighted by Crippen LogP contribution is 2.31. The van der Waals surface area contributed by atoms with Gasteiger partial charge in [-0.2, -0.15) is 0 Å². The summed E-state index contributed by atoms with van der Waals surface area (Å²) >= 11 is 7.55. The molecule has 2 rings (SSSR count). The molecule has 0 aromatic heterocycles. The number of carboxylic acids is 1. The van der Waals surface area contributed by atoms with Crippen LogP contribution in [-0.2, 0) is 5.75 Å². The van der Waals surface area contributed by atoms with Gasteiger partial charge in [-0.25, -0.2) is 4.79 Å². The maximum Gasteiger partial charge on any atom is 0.335 e. The predicted molar refractivity (Wildman–Crippen MR) is 78.8 cm³/mol. The van der Waals surface area contributed by atoms with Crippen LogP contribution in [0.3, 0.4) is 0 Å². The number of carboxylic acid groups (broad SMARTS) is 1. The summed E-state index contributed by atoms with van der Waals surface area (Å²) in [5.41, 5.74) is 7.64. The Labute approximate surface area is 120 Å². The number of hydrogen-bond donors (Lipinski definition) is 2. The lowest BCUT2D eigenvalue weighted by molar-refractivity contribution is 0.0696. The standard InChI is InChI=1S/C14H12ClNO2S/c15-11-4-2-1-3-10(11)8-19-13-7-9(14(17)18)5-6-12(13)16/h1-7H,8,16H2,(H,17,18). The Balaban J connectivity index is 2.17. The molecule has 2 aromatic carbocycles. The van der Waals surface area contributed by atoms with Gasteiger partial charge in [-0.1, -0.05) is 29.8 Å². The van der Waals surface area contributed by atoms with Crippen LogP contribution >= 0.6 is 23.4 Å². The summed E-state index contributed by atoms with van der Waals surface area (Å²) in [6.07, 6.45) is 0. The van der Waals surface area contributed by atoms with E-state index in [0.29, 0.717) is 16.5 Å². The first-order valence-corrected chi connectivity index (χ1v) is 6.93. The molecular weight excluding hydrogens is 282 g/mol. The van der Waals surface area contributed by atoms with Crippen LogP contribution in [0.25, 0.3) is 0 Å². The van der Waals surface area contributed by atoms with Gasteiger partial charge >= 0.3 is 5.97 Å². The van der Waals surface area contributed by atoms with Gasteiger partial charge in [0.2, 0.25) is 0 Å². The molecule has 0 bridgehead atoms. The van der Waals surface area contributed by atoms with E-state index in [2.05, 4.69) is 0 Å². The van der Waals surface area contributed by atoms with Crippen molar-refractivity contribution in [1.82, 2.24) is 0 Å². The fourth-order valence-corrected chi connectivity index (χ4v) is 2.85. The summed E-state index contributed by atoms with van der Waals surface area (Å²) < 4.78 is 0. The number of halogens is 1. The Kier molecular flexibility index (Phi) is 4.35. The van der Waals surface area contributed by atoms with Gasteiger partial charge in [0.15, 0.2) is 0 Å². The molecule has 2 aromatic rings. The van der Waals surface area contributed by atoms with E-state index in [1.165, 1.54) is 17.8 Å². The minimum absolute atomic E-state index is 0.232. The Morgan fingerprint density at radius 1 is 1.26 bits per heavy atom. The molecule has 0 radical (unpaired) electrons. The first-order chi connectivity index (χ1) is 9.08. The van der Waals surface area contributed by atoms with Crippen LogP contribution < -0.4 is 5.73 Å². The van der Waals surface area contributed by atoms with Gasteiger partial charge in [-0.3, -0.25) is 0 Å². The average molecular weight is 294 g/mol. The van der Waals surface area contributed by atoms with Crippen molar-refractivity contribution in [2.45, 2.75) is 10.6 Å². The molecule has 0 heterocycles. The smallest absolute Gasteiger partial charge is 0.335 e. The molecule has 5 heteroatoms. The van der Waals surface area contributed by atoms with E-state index in [9.17, 15) is 4.79 Å². The zero-order valence-electron chi connectivity index (χ0n) is 9.97. The Morgan fingerprint density at radius 2 is 2.00 bits per heavy atom. The van der Waals surface area contributed by atoms with Gasteiger partial charge in [0, 0.05) is 21.4 Å². The fourth-order valence-electron chi connectivity index (χ4n) is 1.56. The first-order valence-electron chi connectivity index (χ1n) is 5.57. The molecule has 19 heavy (non-hydrogen) atoms. The van der Waals surface area contributed by atoms with Crippen molar-refractivity contribution < 1.29 is 9.90 Å². The van der Waals surface area contributed by atoms with Gasteiger partial charge < -0.3 is 10.8 Å². The summed E-state index contributed by atoms with van der Waals surface area (Å²) in [4.78, 5) is 11.7. The van der Waals surface area contributed by atoms with E-state index >= 15 is 0 Å². The molecular formula is C14H12ClNO2S. The summed E-state index contributed by atoms with van der Waals surface area (Å²) in [6, 6.07) is 12.2. The normalized spacial score (nSPS) is 10.4. The highest BCUT2D eigenvalue weighted by molar-refractivity contribution is 7.98. The molecule has 98 valence electrons. The molecule has 0 unspecified atom stereocenters. The second kappa shape index (κ2) is 5.99. The van der Waals surface area contributed by atoms with Crippen LogP contribution in [0.4, 0.5) is 5.69 Å². The quantitative estimate of drug-likeness (QED) is 0.662. The van der Waals surface area contributed by atoms with E-state index in [4.69, 9.17) is 22.4 Å². The molecule has 0 fully saturated rings. The Hall–Kier alpha value is -1.65. The second-order valence-corrected chi connectivity index (χ2v) is 5.36. The Bertz CT molecular complexity index is 616. The maximum absolute atomic E-state index is 10.9. The number of anilines is 1. The summed E-state index contributed by atoms with van der Waals surface area (Å²) in [6.45, 7) is 0. The van der Waals surface area contributed by atoms with Crippen LogP contribution in [0.2, 0.25) is 5.02 Å². The SMILES string of the molecule is Nc1ccc(C(=O)O)cc1SCc1ccccc1Cl. The summed E-state index contributed by atoms with van der Waals surface area (Å²) in [7, 11) is 0. The molecule has 0 aliphatic heterocycles. The van der Waals surface area contributed by atoms with E-state index in [1.807, 2.05) is 24.3 Å². The third-order valence-electron chi connectivity index (χ3n) is 2.60. The van der Waals surface area contributed by atoms with Crippen LogP contribution in [0.15, 0.2) is 47.4 Å². The van der Waals surface area contributed by atoms with E-state index in [-0.39, 0.29) is 5.56 Å². The van der Waals surface area contributed by atoms with Gasteiger partial charge in [0.1, 0.15) is 0 Å². The van der Waals surface area contributed by atoms with Crippen LogP contribution in [-0.4, -0.2) is 11.1 Å². The van der Waals surface area contributed by atoms with Crippen molar-refractivity contribution in [1.29, 1.82) is 0 Å². The molecule has 0 aliphatic carbocycles. The minimum atomic E-state index is -0.959. The van der Waals surface area contributed by atoms with E-state index in [0.717, 1.165) is 10.5 Å². The van der Waals surface area contributed by atoms with Crippen LogP contribution in [0, 0.1) is 0 Å². The third-order valence-corrected chi connectivity index (χ3v) is 4.09. The zero-order chi connectivity index (χ0) is 13.8. The molecule has 0 spiro atoms. The average Bonchev–Trinajstić information content (AvgIpc) is 2.39. The molecule has 0 saturated heterocycles. The summed E-state index contributed by atoms with van der Waals surface area (Å²) in [5, 5.41) is 9.66. The van der Waals surface area contributed by atoms with Crippen molar-refractivity contribution >= 4 is 35.0 Å². The Morgan fingerprint density at radius 3 is 2.68 bits per heavy atom. The van der Waals surface area contributed by atoms with Gasteiger partial charge in [-0.15, -0.1) is 11.8 Å². The predicted octanol–water partition coefficient (Wildman–Crippen LogP) is 3.91. The number of carbonyl (C=O) groups is 1. The van der Waals surface area contributed by atoms with Crippen molar-refractivity contribution in [3.63, 3.8) is 0 Å². The number of nitrogens with two attached hydrogens (primary N) is 1. The second-order valence-electron chi connectivity index (χ2n) is 3.94. The van der Waals surface area contributed by atoms with Crippen molar-refractivity contribution in [3.8, 4) is 0 Å². The van der Waals surface area contributed by atoms with Gasteiger partial charge in [0.05, 0.1) is 5.56 Å². The first kappa shape index (κ1) is 13.8. The number of rotatable bonds is 4. The van der Waals surface area contributed by atoms with Crippen LogP contribution in [0.5, 0.6) is 0 Å². The van der Waals surface area contributed by atoms with Gasteiger partial charge in [0.25, 0.3) is 0 Å². The largest absolute Gasteiger partial charge is 0.478 e. The monoisotopic (exact) mass is 293 g/mol. The molecule has 3 nitrogen and oxygen atoms in total. The lowest BCUT2D eigenvalue weighted by Crippen LogP contribution is -1.98.